The number of nitrogens with zero attached hydrogens (tertiary/aromatic N) is 2. The highest BCUT2D eigenvalue weighted by molar-refractivity contribution is 6.58. The van der Waals surface area contributed by atoms with Gasteiger partial charge in [-0.15, -0.1) is 0 Å². The molecule has 0 aliphatic heterocycles. The minimum atomic E-state index is 0.342. The molecule has 9 aromatic carbocycles. The van der Waals surface area contributed by atoms with Crippen molar-refractivity contribution in [2.75, 3.05) is 14.2 Å². The Morgan fingerprint density at radius 2 is 0.857 bits per heavy atom. The number of hydrogen-bond donors (Lipinski definition) is 0. The summed E-state index contributed by atoms with van der Waals surface area (Å²) in [5, 5.41) is 33.4. The van der Waals surface area contributed by atoms with E-state index in [1.807, 2.05) is 0 Å². The maximum atomic E-state index is 5.34. The van der Waals surface area contributed by atoms with Crippen LogP contribution in [-0.4, -0.2) is 25.6 Å². The van der Waals surface area contributed by atoms with Crippen molar-refractivity contribution in [2.24, 2.45) is 10.3 Å². The van der Waals surface area contributed by atoms with Crippen LogP contribution >= 0.6 is 0 Å². The lowest BCUT2D eigenvalue weighted by molar-refractivity contribution is 0.207. The van der Waals surface area contributed by atoms with Crippen molar-refractivity contribution in [2.45, 2.75) is 37.5 Å². The molecule has 4 heteroatoms. The van der Waals surface area contributed by atoms with Gasteiger partial charge in [-0.3, -0.25) is 0 Å². The molecule has 0 saturated heterocycles. The summed E-state index contributed by atoms with van der Waals surface area (Å²) in [6.45, 7) is 0. The zero-order valence-electron chi connectivity index (χ0n) is 23.2. The van der Waals surface area contributed by atoms with Gasteiger partial charge in [0.25, 0.3) is 0 Å². The molecular formula is C38H22N2O2. The monoisotopic (exact) mass is 538 g/mol. The summed E-state index contributed by atoms with van der Waals surface area (Å²) in [6.07, 6.45) is 3.68. The first-order valence-electron chi connectivity index (χ1n) is 15.2. The molecule has 1 fully saturated rings. The van der Waals surface area contributed by atoms with Crippen molar-refractivity contribution in [1.82, 2.24) is 0 Å². The Bertz CT molecular complexity index is 2630. The highest BCUT2D eigenvalue weighted by Crippen LogP contribution is 2.65. The third-order valence-corrected chi connectivity index (χ3v) is 12.1. The molecule has 4 aliphatic rings. The van der Waals surface area contributed by atoms with E-state index >= 15 is 0 Å². The van der Waals surface area contributed by atoms with Gasteiger partial charge in [-0.2, -0.15) is 0 Å². The summed E-state index contributed by atoms with van der Waals surface area (Å²) in [5.74, 6) is 0.685. The molecule has 2 unspecified atom stereocenters. The zero-order chi connectivity index (χ0) is 26.9. The molecule has 1 saturated carbocycles. The third kappa shape index (κ3) is 1.74. The van der Waals surface area contributed by atoms with Gasteiger partial charge in [0, 0.05) is 12.8 Å². The molecule has 4 nitrogen and oxygen atoms in total. The Hall–Kier alpha value is -4.70. The molecule has 0 heterocycles. The van der Waals surface area contributed by atoms with Gasteiger partial charge in [0.15, 0.2) is 0 Å². The number of rotatable bonds is 2. The summed E-state index contributed by atoms with van der Waals surface area (Å²) in [5.41, 5.74) is 10.9. The minimum absolute atomic E-state index is 0.342. The van der Waals surface area contributed by atoms with E-state index < -0.39 is 0 Å². The fourth-order valence-electron chi connectivity index (χ4n) is 11.0. The lowest BCUT2D eigenvalue weighted by Crippen LogP contribution is -2.32. The molecule has 0 spiro atoms. The first-order valence-corrected chi connectivity index (χ1v) is 15.2. The van der Waals surface area contributed by atoms with Crippen molar-refractivity contribution in [1.29, 1.82) is 0 Å². The van der Waals surface area contributed by atoms with Crippen LogP contribution in [0.25, 0.3) is 86.2 Å². The fourth-order valence-corrected chi connectivity index (χ4v) is 11.0. The second-order valence-electron chi connectivity index (χ2n) is 13.5. The Labute approximate surface area is 238 Å². The Morgan fingerprint density at radius 1 is 0.476 bits per heavy atom. The highest BCUT2D eigenvalue weighted by Gasteiger charge is 2.44. The Balaban J connectivity index is 1.35. The van der Waals surface area contributed by atoms with E-state index in [1.54, 1.807) is 68.1 Å². The van der Waals surface area contributed by atoms with Crippen molar-refractivity contribution in [3.8, 4) is 0 Å². The highest BCUT2D eigenvalue weighted by atomic mass is 16.6. The van der Waals surface area contributed by atoms with Crippen LogP contribution in [0.2, 0.25) is 0 Å². The molecular weight excluding hydrogens is 516 g/mol. The number of oxime groups is 2. The van der Waals surface area contributed by atoms with E-state index in [0.717, 1.165) is 37.1 Å². The van der Waals surface area contributed by atoms with Crippen molar-refractivity contribution in [3.63, 3.8) is 0 Å². The first kappa shape index (κ1) is 20.2. The summed E-state index contributed by atoms with van der Waals surface area (Å²) in [7, 11) is 3.27. The van der Waals surface area contributed by atoms with Crippen LogP contribution in [0.4, 0.5) is 0 Å². The van der Waals surface area contributed by atoms with Crippen LogP contribution in [0, 0.1) is 0 Å². The van der Waals surface area contributed by atoms with Crippen LogP contribution in [-0.2, 0) is 22.5 Å². The molecule has 4 aliphatic carbocycles. The molecule has 196 valence electrons. The lowest BCUT2D eigenvalue weighted by atomic mass is 9.66. The largest absolute Gasteiger partial charge is 0.399 e. The van der Waals surface area contributed by atoms with Gasteiger partial charge >= 0.3 is 0 Å². The average molecular weight is 539 g/mol. The topological polar surface area (TPSA) is 43.2 Å². The van der Waals surface area contributed by atoms with Gasteiger partial charge in [0.1, 0.15) is 25.6 Å². The van der Waals surface area contributed by atoms with Crippen LogP contribution in [0.5, 0.6) is 0 Å². The Morgan fingerprint density at radius 3 is 1.29 bits per heavy atom. The van der Waals surface area contributed by atoms with Crippen molar-refractivity contribution in [3.05, 3.63) is 69.8 Å². The maximum absolute atomic E-state index is 5.34. The fraction of sp³-hybridized carbons (Fsp3) is 0.211. The van der Waals surface area contributed by atoms with E-state index in [9.17, 15) is 0 Å². The summed E-state index contributed by atoms with van der Waals surface area (Å²) < 4.78 is 0. The van der Waals surface area contributed by atoms with Gasteiger partial charge in [0.2, 0.25) is 0 Å². The molecule has 0 N–H and O–H groups in total. The predicted molar refractivity (Wildman–Crippen MR) is 172 cm³/mol. The quantitative estimate of drug-likeness (QED) is 0.163. The van der Waals surface area contributed by atoms with E-state index in [0.29, 0.717) is 11.8 Å². The summed E-state index contributed by atoms with van der Waals surface area (Å²) in [4.78, 5) is 10.7. The van der Waals surface area contributed by atoms with Crippen molar-refractivity contribution < 1.29 is 9.68 Å². The van der Waals surface area contributed by atoms with Gasteiger partial charge in [-0.25, -0.2) is 0 Å². The van der Waals surface area contributed by atoms with Gasteiger partial charge in [0.05, 0.1) is 0 Å². The van der Waals surface area contributed by atoms with E-state index in [-0.39, 0.29) is 0 Å². The van der Waals surface area contributed by atoms with Gasteiger partial charge in [-0.05, 0) is 144 Å². The molecule has 2 atom stereocenters. The summed E-state index contributed by atoms with van der Waals surface area (Å²) in [6, 6.07) is 15.0. The van der Waals surface area contributed by atoms with Crippen molar-refractivity contribution >= 4 is 97.6 Å². The third-order valence-electron chi connectivity index (χ3n) is 12.1. The maximum Gasteiger partial charge on any atom is 0.106 e. The van der Waals surface area contributed by atoms with Crippen LogP contribution < -0.4 is 0 Å². The number of hydrogen-bond acceptors (Lipinski definition) is 4. The SMILES string of the molecule is CO/N=C1\CC2c3cc4c5c6c(cc7ccc8cc9c%10c%11c(cc(c%12c3c5c(c%12%11)c3c6c7c8c%103)C2C\C1=N/OC)C9)C4. The van der Waals surface area contributed by atoms with E-state index in [4.69, 9.17) is 9.68 Å². The molecule has 9 aromatic rings. The molecule has 0 bridgehead atoms. The predicted octanol–water partition coefficient (Wildman–Crippen LogP) is 8.89. The van der Waals surface area contributed by atoms with Gasteiger partial charge in [-0.1, -0.05) is 46.7 Å². The lowest BCUT2D eigenvalue weighted by Gasteiger charge is -2.37. The van der Waals surface area contributed by atoms with Crippen LogP contribution in [0.3, 0.4) is 0 Å². The van der Waals surface area contributed by atoms with Crippen LogP contribution in [0.1, 0.15) is 58.1 Å². The second kappa shape index (κ2) is 5.94. The molecule has 0 amide bonds. The van der Waals surface area contributed by atoms with Crippen LogP contribution in [0.15, 0.2) is 46.7 Å². The minimum Gasteiger partial charge on any atom is -0.399 e. The normalized spacial score (nSPS) is 22.7. The molecule has 13 rings (SSSR count). The molecule has 0 aromatic heterocycles. The van der Waals surface area contributed by atoms with E-state index in [1.165, 1.54) is 65.7 Å². The zero-order valence-corrected chi connectivity index (χ0v) is 23.2. The second-order valence-corrected chi connectivity index (χ2v) is 13.5. The molecule has 42 heavy (non-hydrogen) atoms. The molecule has 0 radical (unpaired) electrons. The number of benzene rings is 7. The summed E-state index contributed by atoms with van der Waals surface area (Å²) >= 11 is 0. The smallest absolute Gasteiger partial charge is 0.106 e. The average Bonchev–Trinajstić information content (AvgIpc) is 3.73. The standard InChI is InChI=1S/C38H22N2O2/c1-41-39-23-11-19-20(12-24(23)40-42-2)22-10-18-8-16-6-14-4-3-13-5-15-7-17-9-21(19)31-32(22)36-30(18)28(16)34-26(14)25(13)33-27(15)29(17)35(31)38(36)37(33)34/h3-6,9-10,19-20H,7-8,11-12H2,1-2H3/b39-23+,40-24+. The first-order chi connectivity index (χ1) is 20.7. The van der Waals surface area contributed by atoms with E-state index in [2.05, 4.69) is 46.7 Å². The number of fused-ring (bicyclic) bond motifs is 3. The van der Waals surface area contributed by atoms with Gasteiger partial charge < -0.3 is 9.68 Å². The Kier molecular flexibility index (Phi) is 2.86.